The number of halogens is 1. The van der Waals surface area contributed by atoms with Crippen LogP contribution in [0.4, 0.5) is 0 Å². The molecule has 0 aromatic heterocycles. The summed E-state index contributed by atoms with van der Waals surface area (Å²) in [6, 6.07) is 9.21. The fourth-order valence-electron chi connectivity index (χ4n) is 3.27. The maximum atomic E-state index is 12.7. The molecule has 2 N–H and O–H groups in total. The Morgan fingerprint density at radius 3 is 2.38 bits per heavy atom. The molecule has 0 aliphatic carbocycles. The van der Waals surface area contributed by atoms with Crippen molar-refractivity contribution in [2.24, 2.45) is 0 Å². The van der Waals surface area contributed by atoms with E-state index in [4.69, 9.17) is 21.1 Å². The molecule has 13 heteroatoms. The van der Waals surface area contributed by atoms with Crippen LogP contribution in [0.5, 0.6) is 5.75 Å². The molecule has 1 atom stereocenters. The first-order valence-corrected chi connectivity index (χ1v) is 13.6. The van der Waals surface area contributed by atoms with Gasteiger partial charge in [-0.05, 0) is 42.8 Å². The number of amides is 1. The minimum atomic E-state index is -4.09. The van der Waals surface area contributed by atoms with Crippen molar-refractivity contribution in [1.29, 1.82) is 0 Å². The normalized spacial score (nSPS) is 16.1. The number of hydrogen-bond donors (Lipinski definition) is 2. The number of rotatable bonds is 9. The maximum Gasteiger partial charge on any atom is 0.245 e. The number of nitrogens with zero attached hydrogens (tertiary/aromatic N) is 1. The van der Waals surface area contributed by atoms with E-state index in [1.807, 2.05) is 0 Å². The third-order valence-electron chi connectivity index (χ3n) is 5.14. The second kappa shape index (κ2) is 11.0. The van der Waals surface area contributed by atoms with Gasteiger partial charge in [0.25, 0.3) is 0 Å². The molecule has 1 aliphatic heterocycles. The lowest BCUT2D eigenvalue weighted by Gasteiger charge is -2.26. The molecular formula is C21H26ClN3O7S2. The molecule has 2 aromatic rings. The molecular weight excluding hydrogens is 506 g/mol. The van der Waals surface area contributed by atoms with Gasteiger partial charge in [0.15, 0.2) is 0 Å². The first-order chi connectivity index (χ1) is 16.0. The van der Waals surface area contributed by atoms with Crippen LogP contribution in [-0.4, -0.2) is 66.5 Å². The van der Waals surface area contributed by atoms with Gasteiger partial charge in [0.05, 0.1) is 31.3 Å². The molecule has 1 fully saturated rings. The largest absolute Gasteiger partial charge is 0.495 e. The first kappa shape index (κ1) is 26.4. The van der Waals surface area contributed by atoms with E-state index in [1.54, 1.807) is 12.1 Å². The quantitative estimate of drug-likeness (QED) is 0.499. The molecule has 3 rings (SSSR count). The lowest BCUT2D eigenvalue weighted by Crippen LogP contribution is -2.44. The van der Waals surface area contributed by atoms with E-state index >= 15 is 0 Å². The number of sulfonamides is 2. The second-order valence-electron chi connectivity index (χ2n) is 7.52. The summed E-state index contributed by atoms with van der Waals surface area (Å²) in [7, 11) is -6.37. The van der Waals surface area contributed by atoms with Gasteiger partial charge in [0.2, 0.25) is 26.0 Å². The fraction of sp³-hybridized carbons (Fsp3) is 0.381. The van der Waals surface area contributed by atoms with Crippen molar-refractivity contribution in [2.45, 2.75) is 29.3 Å². The van der Waals surface area contributed by atoms with Crippen LogP contribution >= 0.6 is 11.6 Å². The van der Waals surface area contributed by atoms with Crippen LogP contribution in [0.15, 0.2) is 52.3 Å². The third-order valence-corrected chi connectivity index (χ3v) is 8.85. The summed E-state index contributed by atoms with van der Waals surface area (Å²) in [4.78, 5) is 12.4. The van der Waals surface area contributed by atoms with Crippen LogP contribution in [0, 0.1) is 0 Å². The van der Waals surface area contributed by atoms with Gasteiger partial charge in [-0.2, -0.15) is 9.03 Å². The van der Waals surface area contributed by atoms with Crippen molar-refractivity contribution in [2.75, 3.05) is 33.4 Å². The van der Waals surface area contributed by atoms with E-state index in [0.29, 0.717) is 31.9 Å². The number of hydrogen-bond acceptors (Lipinski definition) is 7. The summed E-state index contributed by atoms with van der Waals surface area (Å²) in [5, 5.41) is 2.84. The smallest absolute Gasteiger partial charge is 0.245 e. The van der Waals surface area contributed by atoms with Gasteiger partial charge in [-0.1, -0.05) is 23.7 Å². The Kier molecular flexibility index (Phi) is 8.55. The van der Waals surface area contributed by atoms with Crippen LogP contribution in [0.25, 0.3) is 0 Å². The van der Waals surface area contributed by atoms with Gasteiger partial charge >= 0.3 is 0 Å². The highest BCUT2D eigenvalue weighted by atomic mass is 35.5. The zero-order chi connectivity index (χ0) is 24.9. The highest BCUT2D eigenvalue weighted by Gasteiger charge is 2.27. The molecule has 1 amide bonds. The number of carbonyl (C=O) groups is 1. The number of ether oxygens (including phenoxy) is 2. The molecule has 1 saturated heterocycles. The van der Waals surface area contributed by atoms with E-state index < -0.39 is 32.0 Å². The molecule has 34 heavy (non-hydrogen) atoms. The molecule has 0 saturated carbocycles. The maximum absolute atomic E-state index is 12.7. The van der Waals surface area contributed by atoms with Crippen molar-refractivity contribution < 1.29 is 31.1 Å². The highest BCUT2D eigenvalue weighted by molar-refractivity contribution is 7.89. The van der Waals surface area contributed by atoms with E-state index in [9.17, 15) is 21.6 Å². The number of morpholine rings is 1. The minimum Gasteiger partial charge on any atom is -0.495 e. The first-order valence-electron chi connectivity index (χ1n) is 10.3. The summed E-state index contributed by atoms with van der Waals surface area (Å²) in [5.74, 6) is -0.466. The highest BCUT2D eigenvalue weighted by Crippen LogP contribution is 2.27. The van der Waals surface area contributed by atoms with Gasteiger partial charge < -0.3 is 14.8 Å². The second-order valence-corrected chi connectivity index (χ2v) is 11.6. The summed E-state index contributed by atoms with van der Waals surface area (Å²) in [5.41, 5.74) is 0.654. The average Bonchev–Trinajstić information content (AvgIpc) is 2.83. The molecule has 0 unspecified atom stereocenters. The van der Waals surface area contributed by atoms with Crippen molar-refractivity contribution in [3.8, 4) is 5.75 Å². The van der Waals surface area contributed by atoms with Crippen molar-refractivity contribution in [1.82, 2.24) is 14.3 Å². The zero-order valence-corrected chi connectivity index (χ0v) is 21.0. The fourth-order valence-corrected chi connectivity index (χ4v) is 6.31. The summed E-state index contributed by atoms with van der Waals surface area (Å²) >= 11 is 5.91. The molecule has 0 spiro atoms. The average molecular weight is 532 g/mol. The summed E-state index contributed by atoms with van der Waals surface area (Å²) in [6.45, 7) is 2.81. The van der Waals surface area contributed by atoms with E-state index in [0.717, 1.165) is 0 Å². The number of carbonyl (C=O) groups excluding carboxylic acids is 1. The summed E-state index contributed by atoms with van der Waals surface area (Å²) in [6.07, 6.45) is 0. The molecule has 0 bridgehead atoms. The molecule has 10 nitrogen and oxygen atoms in total. The molecule has 0 radical (unpaired) electrons. The lowest BCUT2D eigenvalue weighted by molar-refractivity contribution is -0.122. The van der Waals surface area contributed by atoms with Crippen LogP contribution in [-0.2, 0) is 36.1 Å². The van der Waals surface area contributed by atoms with Crippen LogP contribution in [0.2, 0.25) is 5.02 Å². The Morgan fingerprint density at radius 2 is 1.76 bits per heavy atom. The lowest BCUT2D eigenvalue weighted by atomic mass is 10.2. The standard InChI is InChI=1S/C21H26ClN3O7S2/c1-15(24-33(27,28)20-13-17(22)5-8-19(20)31-2)21(26)23-14-16-3-6-18(7-4-16)34(29,30)25-9-11-32-12-10-25/h3-8,13,15,24H,9-12,14H2,1-2H3,(H,23,26)/t15-/m1/s1. The molecule has 186 valence electrons. The Hall–Kier alpha value is -2.22. The molecule has 1 aliphatic rings. The number of nitrogens with one attached hydrogen (secondary N) is 2. The zero-order valence-electron chi connectivity index (χ0n) is 18.7. The molecule has 2 aromatic carbocycles. The summed E-state index contributed by atoms with van der Waals surface area (Å²) < 4.78 is 64.8. The van der Waals surface area contributed by atoms with Crippen LogP contribution in [0.1, 0.15) is 12.5 Å². The van der Waals surface area contributed by atoms with Crippen LogP contribution in [0.3, 0.4) is 0 Å². The van der Waals surface area contributed by atoms with Gasteiger partial charge in [-0.25, -0.2) is 16.8 Å². The predicted octanol–water partition coefficient (Wildman–Crippen LogP) is 1.35. The van der Waals surface area contributed by atoms with Crippen molar-refractivity contribution >= 4 is 37.6 Å². The Balaban J connectivity index is 1.60. The van der Waals surface area contributed by atoms with Gasteiger partial charge in [-0.3, -0.25) is 4.79 Å². The van der Waals surface area contributed by atoms with E-state index in [2.05, 4.69) is 10.0 Å². The van der Waals surface area contributed by atoms with Gasteiger partial charge in [0.1, 0.15) is 10.6 Å². The monoisotopic (exact) mass is 531 g/mol. The van der Waals surface area contributed by atoms with E-state index in [1.165, 1.54) is 48.7 Å². The SMILES string of the molecule is COc1ccc(Cl)cc1S(=O)(=O)N[C@H](C)C(=O)NCc1ccc(S(=O)(=O)N2CCOCC2)cc1. The third kappa shape index (κ3) is 6.26. The van der Waals surface area contributed by atoms with Crippen molar-refractivity contribution in [3.05, 3.63) is 53.1 Å². The predicted molar refractivity (Wildman–Crippen MR) is 126 cm³/mol. The van der Waals surface area contributed by atoms with E-state index in [-0.39, 0.29) is 27.1 Å². The van der Waals surface area contributed by atoms with Gasteiger partial charge in [0, 0.05) is 24.7 Å². The topological polar surface area (TPSA) is 131 Å². The van der Waals surface area contributed by atoms with Gasteiger partial charge in [-0.15, -0.1) is 0 Å². The van der Waals surface area contributed by atoms with Crippen LogP contribution < -0.4 is 14.8 Å². The Bertz CT molecular complexity index is 1230. The Morgan fingerprint density at radius 1 is 1.12 bits per heavy atom. The Labute approximate surface area is 204 Å². The number of benzene rings is 2. The van der Waals surface area contributed by atoms with Crippen molar-refractivity contribution in [3.63, 3.8) is 0 Å². The number of methoxy groups -OCH3 is 1. The molecule has 1 heterocycles. The minimum absolute atomic E-state index is 0.0866.